The highest BCUT2D eigenvalue weighted by Gasteiger charge is 2.04. The summed E-state index contributed by atoms with van der Waals surface area (Å²) in [7, 11) is 3.23. The van der Waals surface area contributed by atoms with Crippen LogP contribution in [0.1, 0.15) is 24.0 Å². The van der Waals surface area contributed by atoms with Crippen LogP contribution < -0.4 is 20.5 Å². The second-order valence-electron chi connectivity index (χ2n) is 6.37. The normalized spacial score (nSPS) is 11.3. The van der Waals surface area contributed by atoms with E-state index in [1.165, 1.54) is 5.56 Å². The molecular weight excluding hydrogens is 354 g/mol. The van der Waals surface area contributed by atoms with Gasteiger partial charge in [-0.2, -0.15) is 0 Å². The molecule has 28 heavy (non-hydrogen) atoms. The summed E-state index contributed by atoms with van der Waals surface area (Å²) in [6.45, 7) is 2.79. The molecule has 0 fully saturated rings. The van der Waals surface area contributed by atoms with Crippen LogP contribution in [0, 0.1) is 0 Å². The minimum atomic E-state index is 0.444. The summed E-state index contributed by atoms with van der Waals surface area (Å²) >= 11 is 0. The van der Waals surface area contributed by atoms with Crippen LogP contribution in [-0.4, -0.2) is 39.9 Å². The van der Waals surface area contributed by atoms with Gasteiger partial charge in [-0.3, -0.25) is 0 Å². The molecule has 152 valence electrons. The standard InChI is InChI=1S/C22H31N3O3/c1-26-20-11-10-19(16-21(20)27-2)17-25-22(23)24-13-6-7-14-28-15-12-18-8-4-3-5-9-18/h3-5,8-11,16H,6-7,12-15,17H2,1-2H3,(H3,23,24,25). The van der Waals surface area contributed by atoms with E-state index in [4.69, 9.17) is 19.9 Å². The second-order valence-corrected chi connectivity index (χ2v) is 6.37. The van der Waals surface area contributed by atoms with E-state index < -0.39 is 0 Å². The number of methoxy groups -OCH3 is 2. The van der Waals surface area contributed by atoms with E-state index in [9.17, 15) is 0 Å². The van der Waals surface area contributed by atoms with Gasteiger partial charge in [0.1, 0.15) is 0 Å². The number of unbranched alkanes of at least 4 members (excludes halogenated alkanes) is 1. The Morgan fingerprint density at radius 3 is 2.46 bits per heavy atom. The van der Waals surface area contributed by atoms with Crippen LogP contribution in [0.5, 0.6) is 11.5 Å². The van der Waals surface area contributed by atoms with Crippen molar-refractivity contribution in [2.75, 3.05) is 34.0 Å². The molecule has 0 aliphatic carbocycles. The number of benzene rings is 2. The van der Waals surface area contributed by atoms with Crippen LogP contribution in [0.2, 0.25) is 0 Å². The van der Waals surface area contributed by atoms with Crippen LogP contribution in [0.25, 0.3) is 0 Å². The topological polar surface area (TPSA) is 78.1 Å². The molecule has 0 atom stereocenters. The minimum Gasteiger partial charge on any atom is -0.493 e. The lowest BCUT2D eigenvalue weighted by molar-refractivity contribution is 0.133. The predicted molar refractivity (Wildman–Crippen MR) is 113 cm³/mol. The summed E-state index contributed by atoms with van der Waals surface area (Å²) in [5, 5.41) is 3.14. The smallest absolute Gasteiger partial charge is 0.188 e. The van der Waals surface area contributed by atoms with E-state index in [1.54, 1.807) is 14.2 Å². The fraction of sp³-hybridized carbons (Fsp3) is 0.409. The summed E-state index contributed by atoms with van der Waals surface area (Å²) in [5.41, 5.74) is 8.24. The third kappa shape index (κ3) is 7.88. The van der Waals surface area contributed by atoms with Crippen LogP contribution in [-0.2, 0) is 17.7 Å². The van der Waals surface area contributed by atoms with Gasteiger partial charge in [0, 0.05) is 13.2 Å². The van der Waals surface area contributed by atoms with Crippen molar-refractivity contribution in [3.8, 4) is 11.5 Å². The number of aliphatic imine (C=N–C) groups is 1. The molecule has 0 saturated carbocycles. The van der Waals surface area contributed by atoms with E-state index in [-0.39, 0.29) is 0 Å². The Labute approximate surface area is 167 Å². The Kier molecular flexibility index (Phi) is 9.72. The number of guanidine groups is 1. The zero-order valence-corrected chi connectivity index (χ0v) is 16.8. The molecule has 0 bridgehead atoms. The summed E-state index contributed by atoms with van der Waals surface area (Å²) in [4.78, 5) is 4.36. The molecule has 2 aromatic carbocycles. The van der Waals surface area contributed by atoms with Crippen LogP contribution >= 0.6 is 0 Å². The highest BCUT2D eigenvalue weighted by Crippen LogP contribution is 2.27. The van der Waals surface area contributed by atoms with Crippen molar-refractivity contribution in [3.05, 3.63) is 59.7 Å². The van der Waals surface area contributed by atoms with Crippen molar-refractivity contribution in [2.24, 2.45) is 10.7 Å². The Morgan fingerprint density at radius 1 is 0.929 bits per heavy atom. The molecule has 2 rings (SSSR count). The Bertz CT molecular complexity index is 720. The predicted octanol–water partition coefficient (Wildman–Crippen LogP) is 3.15. The van der Waals surface area contributed by atoms with Crippen LogP contribution in [0.3, 0.4) is 0 Å². The van der Waals surface area contributed by atoms with E-state index in [0.717, 1.165) is 44.6 Å². The van der Waals surface area contributed by atoms with Gasteiger partial charge in [0.2, 0.25) is 0 Å². The number of rotatable bonds is 12. The number of nitrogens with two attached hydrogens (primary N) is 1. The Balaban J connectivity index is 1.56. The van der Waals surface area contributed by atoms with E-state index in [0.29, 0.717) is 24.0 Å². The van der Waals surface area contributed by atoms with Crippen molar-refractivity contribution in [1.82, 2.24) is 5.32 Å². The molecule has 0 saturated heterocycles. The third-order valence-corrected chi connectivity index (χ3v) is 4.28. The molecule has 6 nitrogen and oxygen atoms in total. The average Bonchev–Trinajstić information content (AvgIpc) is 2.74. The first-order chi connectivity index (χ1) is 13.7. The van der Waals surface area contributed by atoms with Crippen molar-refractivity contribution in [3.63, 3.8) is 0 Å². The fourth-order valence-electron chi connectivity index (χ4n) is 2.69. The molecule has 6 heteroatoms. The average molecular weight is 386 g/mol. The lowest BCUT2D eigenvalue weighted by Gasteiger charge is -2.09. The van der Waals surface area contributed by atoms with Gasteiger partial charge < -0.3 is 25.3 Å². The number of ether oxygens (including phenoxy) is 3. The summed E-state index contributed by atoms with van der Waals surface area (Å²) in [5.74, 6) is 1.83. The first-order valence-electron chi connectivity index (χ1n) is 9.59. The van der Waals surface area contributed by atoms with Gasteiger partial charge in [0.15, 0.2) is 17.5 Å². The van der Waals surface area contributed by atoms with Crippen molar-refractivity contribution < 1.29 is 14.2 Å². The van der Waals surface area contributed by atoms with Crippen LogP contribution in [0.4, 0.5) is 0 Å². The van der Waals surface area contributed by atoms with Crippen molar-refractivity contribution in [2.45, 2.75) is 25.8 Å². The molecule has 3 N–H and O–H groups in total. The SMILES string of the molecule is COc1ccc(CN=C(N)NCCCCOCCc2ccccc2)cc1OC. The monoisotopic (exact) mass is 385 g/mol. The van der Waals surface area contributed by atoms with Gasteiger partial charge in [-0.25, -0.2) is 4.99 Å². The highest BCUT2D eigenvalue weighted by atomic mass is 16.5. The molecule has 0 amide bonds. The quantitative estimate of drug-likeness (QED) is 0.333. The van der Waals surface area contributed by atoms with Crippen molar-refractivity contribution >= 4 is 5.96 Å². The number of nitrogens with one attached hydrogen (secondary N) is 1. The largest absolute Gasteiger partial charge is 0.493 e. The van der Waals surface area contributed by atoms with Gasteiger partial charge in [-0.1, -0.05) is 36.4 Å². The number of hydrogen-bond acceptors (Lipinski definition) is 4. The molecule has 0 heterocycles. The van der Waals surface area contributed by atoms with E-state index >= 15 is 0 Å². The molecule has 0 aliphatic heterocycles. The van der Waals surface area contributed by atoms with Crippen LogP contribution in [0.15, 0.2) is 53.5 Å². The van der Waals surface area contributed by atoms with Gasteiger partial charge in [0.25, 0.3) is 0 Å². The summed E-state index contributed by atoms with van der Waals surface area (Å²) in [6.07, 6.45) is 2.93. The maximum Gasteiger partial charge on any atom is 0.188 e. The molecule has 0 aromatic heterocycles. The molecule has 2 aromatic rings. The summed E-state index contributed by atoms with van der Waals surface area (Å²) < 4.78 is 16.2. The lowest BCUT2D eigenvalue weighted by Crippen LogP contribution is -2.32. The molecule has 0 aliphatic rings. The van der Waals surface area contributed by atoms with E-state index in [1.807, 2.05) is 24.3 Å². The Morgan fingerprint density at radius 2 is 1.71 bits per heavy atom. The summed E-state index contributed by atoms with van der Waals surface area (Å²) in [6, 6.07) is 16.1. The molecule has 0 unspecified atom stereocenters. The maximum atomic E-state index is 5.93. The molecular formula is C22H31N3O3. The van der Waals surface area contributed by atoms with Gasteiger partial charge in [0.05, 0.1) is 27.4 Å². The van der Waals surface area contributed by atoms with Gasteiger partial charge >= 0.3 is 0 Å². The molecule has 0 radical (unpaired) electrons. The maximum absolute atomic E-state index is 5.93. The third-order valence-electron chi connectivity index (χ3n) is 4.28. The van der Waals surface area contributed by atoms with E-state index in [2.05, 4.69) is 34.6 Å². The number of hydrogen-bond donors (Lipinski definition) is 2. The number of nitrogens with zero attached hydrogens (tertiary/aromatic N) is 1. The highest BCUT2D eigenvalue weighted by molar-refractivity contribution is 5.77. The fourth-order valence-corrected chi connectivity index (χ4v) is 2.69. The minimum absolute atomic E-state index is 0.444. The first-order valence-corrected chi connectivity index (χ1v) is 9.59. The molecule has 0 spiro atoms. The van der Waals surface area contributed by atoms with Gasteiger partial charge in [-0.15, -0.1) is 0 Å². The Hall–Kier alpha value is -2.73. The second kappa shape index (κ2) is 12.6. The van der Waals surface area contributed by atoms with Crippen molar-refractivity contribution in [1.29, 1.82) is 0 Å². The zero-order valence-electron chi connectivity index (χ0n) is 16.8. The lowest BCUT2D eigenvalue weighted by atomic mass is 10.2. The first kappa shape index (κ1) is 21.6. The zero-order chi connectivity index (χ0) is 20.0. The van der Waals surface area contributed by atoms with Gasteiger partial charge in [-0.05, 0) is 42.5 Å².